The van der Waals surface area contributed by atoms with Crippen molar-refractivity contribution in [2.75, 3.05) is 18.1 Å². The molecule has 122 valence electrons. The number of benzene rings is 1. The van der Waals surface area contributed by atoms with Crippen LogP contribution in [-0.2, 0) is 16.0 Å². The summed E-state index contributed by atoms with van der Waals surface area (Å²) in [6, 6.07) is 9.13. The molecule has 1 heterocycles. The Morgan fingerprint density at radius 1 is 1.26 bits per heavy atom. The van der Waals surface area contributed by atoms with Gasteiger partial charge >= 0.3 is 0 Å². The molecule has 6 nitrogen and oxygen atoms in total. The first-order chi connectivity index (χ1) is 11.1. The van der Waals surface area contributed by atoms with E-state index in [0.717, 1.165) is 5.56 Å². The van der Waals surface area contributed by atoms with Crippen molar-refractivity contribution < 1.29 is 9.59 Å². The largest absolute Gasteiger partial charge is 0.363 e. The first-order valence-corrected chi connectivity index (χ1v) is 8.86. The lowest BCUT2D eigenvalue weighted by Gasteiger charge is -2.15. The van der Waals surface area contributed by atoms with Gasteiger partial charge in [-0.05, 0) is 18.9 Å². The lowest BCUT2D eigenvalue weighted by Crippen LogP contribution is -2.42. The Balaban J connectivity index is 1.86. The molecule has 2 rings (SSSR count). The van der Waals surface area contributed by atoms with Gasteiger partial charge < -0.3 is 10.6 Å². The third kappa shape index (κ3) is 5.65. The van der Waals surface area contributed by atoms with E-state index in [1.165, 1.54) is 30.0 Å². The van der Waals surface area contributed by atoms with Gasteiger partial charge in [-0.1, -0.05) is 53.4 Å². The minimum Gasteiger partial charge on any atom is -0.363 e. The molecule has 0 aliphatic heterocycles. The minimum atomic E-state index is -0.507. The molecule has 2 aromatic rings. The van der Waals surface area contributed by atoms with Gasteiger partial charge in [0.15, 0.2) is 10.1 Å². The summed E-state index contributed by atoms with van der Waals surface area (Å²) in [6.45, 7) is 1.49. The summed E-state index contributed by atoms with van der Waals surface area (Å²) in [7, 11) is 1.77. The van der Waals surface area contributed by atoms with E-state index >= 15 is 0 Å². The van der Waals surface area contributed by atoms with Crippen molar-refractivity contribution >= 4 is 39.9 Å². The van der Waals surface area contributed by atoms with Crippen LogP contribution in [0.25, 0.3) is 0 Å². The number of hydrogen-bond donors (Lipinski definition) is 2. The number of aromatic nitrogens is 2. The highest BCUT2D eigenvalue weighted by Crippen LogP contribution is 2.24. The van der Waals surface area contributed by atoms with Crippen molar-refractivity contribution in [1.82, 2.24) is 15.5 Å². The fourth-order valence-electron chi connectivity index (χ4n) is 1.88. The maximum Gasteiger partial charge on any atom is 0.231 e. The number of thioether (sulfide) groups is 1. The zero-order chi connectivity index (χ0) is 16.7. The van der Waals surface area contributed by atoms with E-state index in [-0.39, 0.29) is 17.4 Å². The molecule has 1 amide bonds. The Kier molecular flexibility index (Phi) is 6.54. The topological polar surface area (TPSA) is 84.0 Å². The van der Waals surface area contributed by atoms with Crippen LogP contribution >= 0.6 is 23.1 Å². The van der Waals surface area contributed by atoms with Gasteiger partial charge in [0.2, 0.25) is 11.0 Å². The molecule has 0 spiro atoms. The summed E-state index contributed by atoms with van der Waals surface area (Å²) >= 11 is 2.69. The lowest BCUT2D eigenvalue weighted by molar-refractivity contribution is -0.125. The molecular formula is C15H18N4O2S2. The molecule has 8 heteroatoms. The molecule has 0 fully saturated rings. The number of ketones is 1. The summed E-state index contributed by atoms with van der Waals surface area (Å²) in [4.78, 5) is 23.8. The standard InChI is InChI=1S/C15H18N4O2S2/c1-10(20)12(8-11-6-4-3-5-7-11)17-13(21)9-22-15-19-18-14(16-2)23-15/h3-7,12H,8-9H2,1-2H3,(H,16,18)(H,17,21)/t12-/m1/s1. The first kappa shape index (κ1) is 17.4. The summed E-state index contributed by atoms with van der Waals surface area (Å²) in [5, 5.41) is 14.3. The number of anilines is 1. The van der Waals surface area contributed by atoms with E-state index in [1.54, 1.807) is 7.05 Å². The van der Waals surface area contributed by atoms with Crippen LogP contribution in [0.4, 0.5) is 5.13 Å². The fraction of sp³-hybridized carbons (Fsp3) is 0.333. The molecule has 1 aromatic carbocycles. The maximum atomic E-state index is 12.1. The molecule has 0 radical (unpaired) electrons. The highest BCUT2D eigenvalue weighted by molar-refractivity contribution is 8.01. The van der Waals surface area contributed by atoms with Gasteiger partial charge in [-0.2, -0.15) is 0 Å². The average molecular weight is 350 g/mol. The molecule has 1 aromatic heterocycles. The van der Waals surface area contributed by atoms with Crippen LogP contribution < -0.4 is 10.6 Å². The number of carbonyl (C=O) groups excluding carboxylic acids is 2. The molecule has 0 bridgehead atoms. The molecular weight excluding hydrogens is 332 g/mol. The second kappa shape index (κ2) is 8.64. The summed E-state index contributed by atoms with van der Waals surface area (Å²) in [5.74, 6) is -0.0374. The van der Waals surface area contributed by atoms with Crippen molar-refractivity contribution in [2.24, 2.45) is 0 Å². The third-order valence-corrected chi connectivity index (χ3v) is 5.13. The zero-order valence-corrected chi connectivity index (χ0v) is 14.5. The molecule has 2 N–H and O–H groups in total. The van der Waals surface area contributed by atoms with Crippen LogP contribution in [0.2, 0.25) is 0 Å². The van der Waals surface area contributed by atoms with E-state index in [9.17, 15) is 9.59 Å². The van der Waals surface area contributed by atoms with Gasteiger partial charge in [0.05, 0.1) is 11.8 Å². The smallest absolute Gasteiger partial charge is 0.231 e. The van der Waals surface area contributed by atoms with Crippen molar-refractivity contribution in [2.45, 2.75) is 23.7 Å². The second-order valence-electron chi connectivity index (χ2n) is 4.83. The van der Waals surface area contributed by atoms with E-state index in [0.29, 0.717) is 15.9 Å². The Morgan fingerprint density at radius 2 is 2.00 bits per heavy atom. The Morgan fingerprint density at radius 3 is 2.61 bits per heavy atom. The van der Waals surface area contributed by atoms with Crippen molar-refractivity contribution in [1.29, 1.82) is 0 Å². The normalized spacial score (nSPS) is 11.7. The minimum absolute atomic E-state index is 0.0550. The van der Waals surface area contributed by atoms with Crippen LogP contribution in [0.1, 0.15) is 12.5 Å². The van der Waals surface area contributed by atoms with Crippen molar-refractivity contribution in [3.8, 4) is 0 Å². The number of nitrogens with one attached hydrogen (secondary N) is 2. The van der Waals surface area contributed by atoms with Gasteiger partial charge in [-0.3, -0.25) is 9.59 Å². The third-order valence-electron chi connectivity index (χ3n) is 3.06. The predicted octanol–water partition coefficient (Wildman–Crippen LogP) is 1.99. The highest BCUT2D eigenvalue weighted by Gasteiger charge is 2.18. The van der Waals surface area contributed by atoms with Crippen LogP contribution in [0.15, 0.2) is 34.7 Å². The number of hydrogen-bond acceptors (Lipinski definition) is 7. The van der Waals surface area contributed by atoms with Crippen molar-refractivity contribution in [3.05, 3.63) is 35.9 Å². The molecule has 1 atom stereocenters. The monoisotopic (exact) mass is 350 g/mol. The van der Waals surface area contributed by atoms with E-state index in [1.807, 2.05) is 30.3 Å². The van der Waals surface area contributed by atoms with Crippen LogP contribution in [0.5, 0.6) is 0 Å². The van der Waals surface area contributed by atoms with Crippen LogP contribution in [-0.4, -0.2) is 40.7 Å². The number of Topliss-reactive ketones (excluding diaryl/α,β-unsaturated/α-hetero) is 1. The molecule has 0 saturated heterocycles. The van der Waals surface area contributed by atoms with Gasteiger partial charge in [0.25, 0.3) is 0 Å². The van der Waals surface area contributed by atoms with Gasteiger partial charge in [-0.25, -0.2) is 0 Å². The maximum absolute atomic E-state index is 12.1. The number of carbonyl (C=O) groups is 2. The highest BCUT2D eigenvalue weighted by atomic mass is 32.2. The summed E-state index contributed by atoms with van der Waals surface area (Å²) in [6.07, 6.45) is 0.495. The van der Waals surface area contributed by atoms with Crippen LogP contribution in [0.3, 0.4) is 0 Å². The zero-order valence-electron chi connectivity index (χ0n) is 12.9. The SMILES string of the molecule is CNc1nnc(SCC(=O)N[C@H](Cc2ccccc2)C(C)=O)s1. The molecule has 0 unspecified atom stereocenters. The van der Waals surface area contributed by atoms with Crippen LogP contribution in [0, 0.1) is 0 Å². The molecule has 0 saturated carbocycles. The second-order valence-corrected chi connectivity index (χ2v) is 7.03. The molecule has 0 aliphatic carbocycles. The first-order valence-electron chi connectivity index (χ1n) is 7.06. The van der Waals surface area contributed by atoms with E-state index in [2.05, 4.69) is 20.8 Å². The molecule has 0 aliphatic rings. The Hall–Kier alpha value is -1.93. The summed E-state index contributed by atoms with van der Waals surface area (Å²) in [5.41, 5.74) is 1.02. The Bertz CT molecular complexity index is 661. The number of rotatable bonds is 8. The average Bonchev–Trinajstić information content (AvgIpc) is 3.01. The quantitative estimate of drug-likeness (QED) is 0.709. The predicted molar refractivity (Wildman–Crippen MR) is 92.9 cm³/mol. The van der Waals surface area contributed by atoms with Gasteiger partial charge in [0, 0.05) is 7.05 Å². The fourth-order valence-corrected chi connectivity index (χ4v) is 3.40. The summed E-state index contributed by atoms with van der Waals surface area (Å²) < 4.78 is 0.715. The van der Waals surface area contributed by atoms with Crippen molar-refractivity contribution in [3.63, 3.8) is 0 Å². The number of nitrogens with zero attached hydrogens (tertiary/aromatic N) is 2. The van der Waals surface area contributed by atoms with E-state index in [4.69, 9.17) is 0 Å². The van der Waals surface area contributed by atoms with Gasteiger partial charge in [0.1, 0.15) is 0 Å². The number of amides is 1. The van der Waals surface area contributed by atoms with E-state index < -0.39 is 6.04 Å². The molecule has 23 heavy (non-hydrogen) atoms. The lowest BCUT2D eigenvalue weighted by atomic mass is 10.0. The Labute approximate surface area is 143 Å². The van der Waals surface area contributed by atoms with Gasteiger partial charge in [-0.15, -0.1) is 10.2 Å².